The summed E-state index contributed by atoms with van der Waals surface area (Å²) in [6.07, 6.45) is 3.90. The quantitative estimate of drug-likeness (QED) is 0.397. The Balaban J connectivity index is 1.40. The fourth-order valence-corrected chi connectivity index (χ4v) is 5.49. The van der Waals surface area contributed by atoms with Crippen molar-refractivity contribution >= 4 is 40.1 Å². The van der Waals surface area contributed by atoms with Gasteiger partial charge in [0.15, 0.2) is 5.82 Å². The molecule has 2 N–H and O–H groups in total. The second kappa shape index (κ2) is 8.76. The molecule has 0 fully saturated rings. The highest BCUT2D eigenvalue weighted by molar-refractivity contribution is 6.32. The molecule has 0 bridgehead atoms. The number of ether oxygens (including phenoxy) is 1. The van der Waals surface area contributed by atoms with Gasteiger partial charge >= 0.3 is 5.97 Å². The van der Waals surface area contributed by atoms with Crippen LogP contribution in [0.3, 0.4) is 0 Å². The van der Waals surface area contributed by atoms with Crippen LogP contribution in [0.2, 0.25) is 5.02 Å². The van der Waals surface area contributed by atoms with E-state index in [9.17, 15) is 14.3 Å². The smallest absolute Gasteiger partial charge is 0.307 e. The zero-order chi connectivity index (χ0) is 25.0. The minimum Gasteiger partial charge on any atom is -0.493 e. The monoisotopic (exact) mass is 507 g/mol. The first-order valence-corrected chi connectivity index (χ1v) is 12.0. The van der Waals surface area contributed by atoms with E-state index in [0.717, 1.165) is 30.9 Å². The second-order valence-electron chi connectivity index (χ2n) is 9.32. The molecular weight excluding hydrogens is 485 g/mol. The fraction of sp³-hybridized carbons (Fsp3) is 0.269. The maximum Gasteiger partial charge on any atom is 0.307 e. The number of carboxylic acid groups (broad SMARTS) is 1. The van der Waals surface area contributed by atoms with Gasteiger partial charge in [-0.2, -0.15) is 4.98 Å². The van der Waals surface area contributed by atoms with Gasteiger partial charge in [-0.3, -0.25) is 9.36 Å². The molecule has 4 aromatic rings. The molecule has 0 radical (unpaired) electrons. The highest BCUT2D eigenvalue weighted by Gasteiger charge is 2.30. The van der Waals surface area contributed by atoms with E-state index in [0.29, 0.717) is 40.8 Å². The summed E-state index contributed by atoms with van der Waals surface area (Å²) < 4.78 is 21.7. The van der Waals surface area contributed by atoms with Gasteiger partial charge < -0.3 is 20.1 Å². The Hall–Kier alpha value is -3.69. The van der Waals surface area contributed by atoms with Crippen molar-refractivity contribution in [3.63, 3.8) is 0 Å². The summed E-state index contributed by atoms with van der Waals surface area (Å²) in [5.41, 5.74) is 4.30. The average Bonchev–Trinajstić information content (AvgIpc) is 3.16. The van der Waals surface area contributed by atoms with Crippen LogP contribution in [-0.2, 0) is 17.8 Å². The number of benzene rings is 2. The molecule has 0 aliphatic carbocycles. The molecule has 36 heavy (non-hydrogen) atoms. The zero-order valence-corrected chi connectivity index (χ0v) is 20.2. The first kappa shape index (κ1) is 22.8. The molecule has 2 aliphatic rings. The SMILES string of the molecule is CN1Cc2cc(Nc3ncc(Cl)c(-n4cc(CC(=O)O)c5ccc(F)cc54)n3)cc3c2C(CCO3)C1. The average molecular weight is 508 g/mol. The predicted molar refractivity (Wildman–Crippen MR) is 134 cm³/mol. The van der Waals surface area contributed by atoms with Crippen LogP contribution in [0.25, 0.3) is 16.7 Å². The number of fused-ring (bicyclic) bond motifs is 1. The van der Waals surface area contributed by atoms with Gasteiger partial charge in [0, 0.05) is 47.9 Å². The lowest BCUT2D eigenvalue weighted by atomic mass is 9.85. The molecule has 0 spiro atoms. The van der Waals surface area contributed by atoms with Crippen LogP contribution in [-0.4, -0.2) is 50.7 Å². The Labute approximate surface area is 211 Å². The third-order valence-corrected chi connectivity index (χ3v) is 7.00. The zero-order valence-electron chi connectivity index (χ0n) is 19.5. The molecular formula is C26H23ClFN5O3. The minimum atomic E-state index is -0.985. The lowest BCUT2D eigenvalue weighted by molar-refractivity contribution is -0.136. The van der Waals surface area contributed by atoms with Crippen molar-refractivity contribution in [3.05, 3.63) is 70.3 Å². The summed E-state index contributed by atoms with van der Waals surface area (Å²) in [7, 11) is 2.12. The maximum absolute atomic E-state index is 14.1. The predicted octanol–water partition coefficient (Wildman–Crippen LogP) is 4.90. The van der Waals surface area contributed by atoms with Gasteiger partial charge in [-0.1, -0.05) is 11.6 Å². The molecule has 0 saturated carbocycles. The molecule has 1 atom stereocenters. The number of carboxylic acids is 1. The molecule has 4 heterocycles. The van der Waals surface area contributed by atoms with E-state index in [-0.39, 0.29) is 11.4 Å². The largest absolute Gasteiger partial charge is 0.493 e. The first-order chi connectivity index (χ1) is 17.4. The number of nitrogens with zero attached hydrogens (tertiary/aromatic N) is 4. The number of carbonyl (C=O) groups is 1. The van der Waals surface area contributed by atoms with Gasteiger partial charge in [-0.15, -0.1) is 0 Å². The summed E-state index contributed by atoms with van der Waals surface area (Å²) >= 11 is 6.46. The van der Waals surface area contributed by atoms with E-state index in [1.54, 1.807) is 16.8 Å². The van der Waals surface area contributed by atoms with Crippen LogP contribution in [0.1, 0.15) is 29.0 Å². The molecule has 8 nitrogen and oxygen atoms in total. The standard InChI is InChI=1S/C26H23ClFN5O3/c1-32-11-14-4-5-36-22-9-18(6-16(12-32)24(14)22)30-26-29-10-20(27)25(31-26)33-13-15(7-23(34)35)19-3-2-17(28)8-21(19)33/h2-3,6,8-10,13-14H,4-5,7,11-12H2,1H3,(H,34,35)(H,29,30,31). The number of hydrogen-bond acceptors (Lipinski definition) is 6. The lowest BCUT2D eigenvalue weighted by Gasteiger charge is -2.36. The number of nitrogens with one attached hydrogen (secondary N) is 1. The third-order valence-electron chi connectivity index (χ3n) is 6.73. The Kier molecular flexibility index (Phi) is 5.54. The van der Waals surface area contributed by atoms with Gasteiger partial charge in [-0.25, -0.2) is 9.37 Å². The molecule has 2 aliphatic heterocycles. The van der Waals surface area contributed by atoms with E-state index < -0.39 is 11.8 Å². The Bertz CT molecular complexity index is 1520. The molecule has 184 valence electrons. The normalized spacial score (nSPS) is 17.0. The highest BCUT2D eigenvalue weighted by Crippen LogP contribution is 2.42. The van der Waals surface area contributed by atoms with Crippen LogP contribution in [0.4, 0.5) is 16.0 Å². The van der Waals surface area contributed by atoms with E-state index in [1.165, 1.54) is 29.5 Å². The molecule has 0 saturated heterocycles. The van der Waals surface area contributed by atoms with Crippen LogP contribution >= 0.6 is 11.6 Å². The van der Waals surface area contributed by atoms with Crippen LogP contribution in [0.15, 0.2) is 42.7 Å². The summed E-state index contributed by atoms with van der Waals surface area (Å²) in [6, 6.07) is 8.28. The van der Waals surface area contributed by atoms with Gasteiger partial charge in [0.2, 0.25) is 5.95 Å². The minimum absolute atomic E-state index is 0.212. The van der Waals surface area contributed by atoms with Crippen LogP contribution in [0, 0.1) is 5.82 Å². The Morgan fingerprint density at radius 2 is 2.19 bits per heavy atom. The van der Waals surface area contributed by atoms with Gasteiger partial charge in [0.05, 0.1) is 24.7 Å². The summed E-state index contributed by atoms with van der Waals surface area (Å²) in [5.74, 6) is 0.545. The van der Waals surface area contributed by atoms with Crippen molar-refractivity contribution in [1.82, 2.24) is 19.4 Å². The van der Waals surface area contributed by atoms with Gasteiger partial charge in [0.25, 0.3) is 0 Å². The number of halogens is 2. The number of aromatic nitrogens is 3. The molecule has 2 aromatic heterocycles. The molecule has 1 unspecified atom stereocenters. The first-order valence-electron chi connectivity index (χ1n) is 11.6. The summed E-state index contributed by atoms with van der Waals surface area (Å²) in [6.45, 7) is 2.54. The number of anilines is 2. The molecule has 6 rings (SSSR count). The van der Waals surface area contributed by atoms with Gasteiger partial charge in [-0.05, 0) is 48.9 Å². The summed E-state index contributed by atoms with van der Waals surface area (Å²) in [4.78, 5) is 22.6. The molecule has 0 amide bonds. The van der Waals surface area contributed by atoms with E-state index in [4.69, 9.17) is 16.3 Å². The van der Waals surface area contributed by atoms with E-state index in [1.807, 2.05) is 6.07 Å². The highest BCUT2D eigenvalue weighted by atomic mass is 35.5. The summed E-state index contributed by atoms with van der Waals surface area (Å²) in [5, 5.41) is 13.5. The van der Waals surface area contributed by atoms with Crippen molar-refractivity contribution < 1.29 is 19.0 Å². The van der Waals surface area contributed by atoms with Crippen molar-refractivity contribution in [1.29, 1.82) is 0 Å². The van der Waals surface area contributed by atoms with Crippen LogP contribution in [0.5, 0.6) is 5.75 Å². The number of rotatable bonds is 5. The topological polar surface area (TPSA) is 92.5 Å². The second-order valence-corrected chi connectivity index (χ2v) is 9.73. The number of aliphatic carboxylic acids is 1. The van der Waals surface area contributed by atoms with Crippen LogP contribution < -0.4 is 10.1 Å². The molecule has 10 heteroatoms. The number of likely N-dealkylation sites (N-methyl/N-ethyl adjacent to an activating group) is 1. The third kappa shape index (κ3) is 4.04. The maximum atomic E-state index is 14.1. The number of hydrogen-bond donors (Lipinski definition) is 2. The molecule has 2 aromatic carbocycles. The van der Waals surface area contributed by atoms with E-state index >= 15 is 0 Å². The Morgan fingerprint density at radius 1 is 1.33 bits per heavy atom. The van der Waals surface area contributed by atoms with Crippen molar-refractivity contribution in [2.45, 2.75) is 25.3 Å². The van der Waals surface area contributed by atoms with E-state index in [2.05, 4.69) is 33.3 Å². The fourth-order valence-electron chi connectivity index (χ4n) is 5.31. The van der Waals surface area contributed by atoms with Crippen molar-refractivity contribution in [2.75, 3.05) is 25.5 Å². The van der Waals surface area contributed by atoms with Gasteiger partial charge in [0.1, 0.15) is 16.6 Å². The van der Waals surface area contributed by atoms with Crippen molar-refractivity contribution in [2.24, 2.45) is 0 Å². The Morgan fingerprint density at radius 3 is 3.03 bits per heavy atom. The lowest BCUT2D eigenvalue weighted by Crippen LogP contribution is -2.33. The van der Waals surface area contributed by atoms with Crippen molar-refractivity contribution in [3.8, 4) is 11.6 Å².